The summed E-state index contributed by atoms with van der Waals surface area (Å²) in [4.78, 5) is 12.0. The number of nitrogens with zero attached hydrogens (tertiary/aromatic N) is 1. The molecule has 5 nitrogen and oxygen atoms in total. The van der Waals surface area contributed by atoms with Crippen LogP contribution in [0.2, 0.25) is 0 Å². The van der Waals surface area contributed by atoms with Gasteiger partial charge in [0, 0.05) is 24.9 Å². The minimum absolute atomic E-state index is 0.0592. The van der Waals surface area contributed by atoms with E-state index in [9.17, 15) is 9.18 Å². The van der Waals surface area contributed by atoms with E-state index in [0.29, 0.717) is 18.5 Å². The number of ether oxygens (including phenoxy) is 1. The molecule has 0 spiro atoms. The average molecular weight is 353 g/mol. The molecule has 0 atom stereocenters. The van der Waals surface area contributed by atoms with Gasteiger partial charge in [-0.1, -0.05) is 30.3 Å². The Hall–Kier alpha value is -3.33. The van der Waals surface area contributed by atoms with Crippen LogP contribution in [0.1, 0.15) is 11.1 Å². The maximum absolute atomic E-state index is 13.5. The third kappa shape index (κ3) is 5.64. The van der Waals surface area contributed by atoms with Crippen LogP contribution in [-0.2, 0) is 17.8 Å². The van der Waals surface area contributed by atoms with Crippen molar-refractivity contribution in [2.45, 2.75) is 13.0 Å². The fourth-order valence-corrected chi connectivity index (χ4v) is 2.26. The molecule has 6 heteroatoms. The van der Waals surface area contributed by atoms with Crippen LogP contribution in [-0.4, -0.2) is 19.6 Å². The molecule has 0 heterocycles. The van der Waals surface area contributed by atoms with Crippen molar-refractivity contribution in [2.75, 3.05) is 13.7 Å². The van der Waals surface area contributed by atoms with E-state index in [1.807, 2.05) is 30.3 Å². The van der Waals surface area contributed by atoms with Crippen LogP contribution in [0.3, 0.4) is 0 Å². The van der Waals surface area contributed by atoms with Crippen LogP contribution in [0, 0.1) is 17.1 Å². The maximum Gasteiger partial charge on any atom is 0.263 e. The van der Waals surface area contributed by atoms with Crippen molar-refractivity contribution < 1.29 is 13.9 Å². The zero-order valence-corrected chi connectivity index (χ0v) is 14.5. The first-order valence-corrected chi connectivity index (χ1v) is 8.12. The lowest BCUT2D eigenvalue weighted by atomic mass is 10.1. The Morgan fingerprint density at radius 2 is 1.96 bits per heavy atom. The number of rotatable bonds is 8. The van der Waals surface area contributed by atoms with E-state index in [2.05, 4.69) is 10.6 Å². The zero-order valence-electron chi connectivity index (χ0n) is 14.5. The fraction of sp³-hybridized carbons (Fsp3) is 0.200. The number of amides is 1. The number of hydrogen-bond donors (Lipinski definition) is 2. The highest BCUT2D eigenvalue weighted by Crippen LogP contribution is 2.11. The molecule has 0 unspecified atom stereocenters. The molecule has 1 amide bonds. The van der Waals surface area contributed by atoms with Crippen LogP contribution in [0.15, 0.2) is 60.3 Å². The molecule has 26 heavy (non-hydrogen) atoms. The van der Waals surface area contributed by atoms with E-state index < -0.39 is 5.91 Å². The molecule has 2 aromatic rings. The van der Waals surface area contributed by atoms with Gasteiger partial charge in [0.1, 0.15) is 23.2 Å². The molecule has 0 aliphatic rings. The van der Waals surface area contributed by atoms with Crippen LogP contribution in [0.4, 0.5) is 4.39 Å². The highest BCUT2D eigenvalue weighted by Gasteiger charge is 2.08. The molecule has 0 fully saturated rings. The topological polar surface area (TPSA) is 74.1 Å². The Labute approximate surface area is 152 Å². The molecular formula is C20H20FN3O2. The largest absolute Gasteiger partial charge is 0.497 e. The van der Waals surface area contributed by atoms with Crippen LogP contribution < -0.4 is 15.4 Å². The van der Waals surface area contributed by atoms with Crippen molar-refractivity contribution in [1.82, 2.24) is 10.6 Å². The quantitative estimate of drug-likeness (QED) is 0.565. The van der Waals surface area contributed by atoms with Crippen LogP contribution in [0.5, 0.6) is 5.75 Å². The summed E-state index contributed by atoms with van der Waals surface area (Å²) in [6.45, 7) is 0.592. The first kappa shape index (κ1) is 19.0. The predicted octanol–water partition coefficient (Wildman–Crippen LogP) is 2.69. The molecular weight excluding hydrogens is 333 g/mol. The number of nitriles is 1. The third-order valence-electron chi connectivity index (χ3n) is 3.72. The normalized spacial score (nSPS) is 10.7. The minimum Gasteiger partial charge on any atom is -0.497 e. The zero-order chi connectivity index (χ0) is 18.8. The van der Waals surface area contributed by atoms with Gasteiger partial charge in [0.15, 0.2) is 0 Å². The summed E-state index contributed by atoms with van der Waals surface area (Å²) in [7, 11) is 1.60. The average Bonchev–Trinajstić information content (AvgIpc) is 2.67. The minimum atomic E-state index is -0.470. The summed E-state index contributed by atoms with van der Waals surface area (Å²) in [6.07, 6.45) is 1.94. The third-order valence-corrected chi connectivity index (χ3v) is 3.72. The number of hydrogen-bond acceptors (Lipinski definition) is 4. The Morgan fingerprint density at radius 3 is 2.62 bits per heavy atom. The molecule has 0 radical (unpaired) electrons. The van der Waals surface area contributed by atoms with Gasteiger partial charge in [-0.2, -0.15) is 5.26 Å². The summed E-state index contributed by atoms with van der Waals surface area (Å²) < 4.78 is 18.6. The highest BCUT2D eigenvalue weighted by molar-refractivity contribution is 5.97. The summed E-state index contributed by atoms with van der Waals surface area (Å²) in [5.74, 6) is -0.0358. The standard InChI is InChI=1S/C20H20FN3O2/c1-26-18-8-6-15(7-9-18)10-11-24-20(25)17(12-22)14-23-13-16-4-2-3-5-19(16)21/h2-9,14,23H,10-11,13H2,1H3,(H,24,25)/b17-14-. The SMILES string of the molecule is COc1ccc(CCNC(=O)/C(C#N)=C\NCc2ccccc2F)cc1. The number of carbonyl (C=O) groups excluding carboxylic acids is 1. The molecule has 0 aliphatic heterocycles. The second-order valence-electron chi connectivity index (χ2n) is 5.50. The van der Waals surface area contributed by atoms with Gasteiger partial charge in [0.2, 0.25) is 0 Å². The highest BCUT2D eigenvalue weighted by atomic mass is 19.1. The smallest absolute Gasteiger partial charge is 0.263 e. The van der Waals surface area contributed by atoms with Crippen LogP contribution >= 0.6 is 0 Å². The monoisotopic (exact) mass is 353 g/mol. The summed E-state index contributed by atoms with van der Waals surface area (Å²) in [6, 6.07) is 15.7. The molecule has 2 N–H and O–H groups in total. The molecule has 0 saturated heterocycles. The van der Waals surface area contributed by atoms with Crippen molar-refractivity contribution in [2.24, 2.45) is 0 Å². The summed E-state index contributed by atoms with van der Waals surface area (Å²) in [5, 5.41) is 14.6. The van der Waals surface area contributed by atoms with Crippen molar-refractivity contribution in [1.29, 1.82) is 5.26 Å². The molecule has 0 aliphatic carbocycles. The van der Waals surface area contributed by atoms with E-state index in [1.165, 1.54) is 12.3 Å². The van der Waals surface area contributed by atoms with Gasteiger partial charge in [-0.3, -0.25) is 4.79 Å². The van der Waals surface area contributed by atoms with E-state index in [-0.39, 0.29) is 17.9 Å². The number of carbonyl (C=O) groups is 1. The van der Waals surface area contributed by atoms with E-state index in [1.54, 1.807) is 25.3 Å². The van der Waals surface area contributed by atoms with Crippen molar-refractivity contribution in [3.63, 3.8) is 0 Å². The first-order chi connectivity index (χ1) is 12.6. The van der Waals surface area contributed by atoms with Gasteiger partial charge in [0.05, 0.1) is 7.11 Å². The molecule has 2 rings (SSSR count). The molecule has 0 bridgehead atoms. The second kappa shape index (κ2) is 9.84. The van der Waals surface area contributed by atoms with Gasteiger partial charge in [-0.05, 0) is 30.2 Å². The van der Waals surface area contributed by atoms with Gasteiger partial charge >= 0.3 is 0 Å². The predicted molar refractivity (Wildman–Crippen MR) is 96.6 cm³/mol. The van der Waals surface area contributed by atoms with Crippen molar-refractivity contribution >= 4 is 5.91 Å². The lowest BCUT2D eigenvalue weighted by Crippen LogP contribution is -2.27. The van der Waals surface area contributed by atoms with Crippen molar-refractivity contribution in [3.8, 4) is 11.8 Å². The summed E-state index contributed by atoms with van der Waals surface area (Å²) >= 11 is 0. The molecule has 0 aromatic heterocycles. The first-order valence-electron chi connectivity index (χ1n) is 8.12. The van der Waals surface area contributed by atoms with E-state index in [4.69, 9.17) is 10.00 Å². The fourth-order valence-electron chi connectivity index (χ4n) is 2.26. The molecule has 0 saturated carbocycles. The lowest BCUT2D eigenvalue weighted by molar-refractivity contribution is -0.117. The molecule has 2 aromatic carbocycles. The van der Waals surface area contributed by atoms with Gasteiger partial charge < -0.3 is 15.4 Å². The number of methoxy groups -OCH3 is 1. The number of nitrogens with one attached hydrogen (secondary N) is 2. The van der Waals surface area contributed by atoms with Crippen LogP contribution in [0.25, 0.3) is 0 Å². The van der Waals surface area contributed by atoms with E-state index >= 15 is 0 Å². The summed E-state index contributed by atoms with van der Waals surface area (Å²) in [5.41, 5.74) is 1.45. The molecule has 134 valence electrons. The van der Waals surface area contributed by atoms with Gasteiger partial charge in [-0.25, -0.2) is 4.39 Å². The number of benzene rings is 2. The Morgan fingerprint density at radius 1 is 1.23 bits per heavy atom. The Balaban J connectivity index is 1.81. The number of halogens is 1. The second-order valence-corrected chi connectivity index (χ2v) is 5.50. The van der Waals surface area contributed by atoms with Gasteiger partial charge in [-0.15, -0.1) is 0 Å². The van der Waals surface area contributed by atoms with E-state index in [0.717, 1.165) is 11.3 Å². The van der Waals surface area contributed by atoms with Gasteiger partial charge in [0.25, 0.3) is 5.91 Å². The Bertz CT molecular complexity index is 811. The maximum atomic E-state index is 13.5. The van der Waals surface area contributed by atoms with Crippen molar-refractivity contribution in [3.05, 3.63) is 77.2 Å². The Kier molecular flexibility index (Phi) is 7.19. The lowest BCUT2D eigenvalue weighted by Gasteiger charge is -2.07.